The lowest BCUT2D eigenvalue weighted by Gasteiger charge is -2.20. The van der Waals surface area contributed by atoms with Gasteiger partial charge >= 0.3 is 0 Å². The van der Waals surface area contributed by atoms with Gasteiger partial charge in [0.15, 0.2) is 0 Å². The number of aromatic nitrogens is 1. The molecule has 1 heterocycles. The second-order valence-corrected chi connectivity index (χ2v) is 4.95. The van der Waals surface area contributed by atoms with Crippen molar-refractivity contribution >= 4 is 15.9 Å². The highest BCUT2D eigenvalue weighted by atomic mass is 79.9. The van der Waals surface area contributed by atoms with Gasteiger partial charge < -0.3 is 0 Å². The second kappa shape index (κ2) is 6.99. The fourth-order valence-electron chi connectivity index (χ4n) is 1.82. The number of nitrogens with two attached hydrogens (primary N) is 1. The zero-order chi connectivity index (χ0) is 12.0. The van der Waals surface area contributed by atoms with E-state index in [9.17, 15) is 0 Å². The Morgan fingerprint density at radius 1 is 1.38 bits per heavy atom. The van der Waals surface area contributed by atoms with Gasteiger partial charge in [-0.25, -0.2) is 0 Å². The van der Waals surface area contributed by atoms with E-state index in [2.05, 4.69) is 40.2 Å². The quantitative estimate of drug-likeness (QED) is 0.624. The molecule has 0 aliphatic heterocycles. The Labute approximate surface area is 106 Å². The minimum atomic E-state index is 0.151. The van der Waals surface area contributed by atoms with Crippen LogP contribution in [0, 0.1) is 5.92 Å². The van der Waals surface area contributed by atoms with E-state index in [0.29, 0.717) is 5.92 Å². The van der Waals surface area contributed by atoms with Crippen molar-refractivity contribution in [3.05, 3.63) is 28.5 Å². The fraction of sp³-hybridized carbons (Fsp3) is 0.583. The molecule has 16 heavy (non-hydrogen) atoms. The zero-order valence-corrected chi connectivity index (χ0v) is 11.5. The molecular weight excluding hydrogens is 266 g/mol. The molecule has 1 unspecified atom stereocenters. The first-order valence-electron chi connectivity index (χ1n) is 5.78. The third kappa shape index (κ3) is 3.85. The van der Waals surface area contributed by atoms with E-state index in [-0.39, 0.29) is 6.04 Å². The molecule has 1 atom stereocenters. The predicted molar refractivity (Wildman–Crippen MR) is 70.7 cm³/mol. The molecule has 0 radical (unpaired) electrons. The molecule has 0 saturated carbocycles. The van der Waals surface area contributed by atoms with E-state index in [1.165, 1.54) is 12.8 Å². The number of hydrazine groups is 1. The van der Waals surface area contributed by atoms with Crippen LogP contribution in [0.1, 0.15) is 44.8 Å². The summed E-state index contributed by atoms with van der Waals surface area (Å²) in [5, 5.41) is 0. The van der Waals surface area contributed by atoms with Crippen molar-refractivity contribution < 1.29 is 0 Å². The Kier molecular flexibility index (Phi) is 5.95. The van der Waals surface area contributed by atoms with Gasteiger partial charge in [-0.05, 0) is 40.4 Å². The number of halogens is 1. The van der Waals surface area contributed by atoms with Gasteiger partial charge in [0.1, 0.15) is 0 Å². The Balaban J connectivity index is 2.70. The maximum absolute atomic E-state index is 5.60. The summed E-state index contributed by atoms with van der Waals surface area (Å²) in [5.41, 5.74) is 3.87. The van der Waals surface area contributed by atoms with Crippen LogP contribution in [0.25, 0.3) is 0 Å². The van der Waals surface area contributed by atoms with E-state index >= 15 is 0 Å². The van der Waals surface area contributed by atoms with Crippen molar-refractivity contribution in [3.8, 4) is 0 Å². The summed E-state index contributed by atoms with van der Waals surface area (Å²) in [6.07, 6.45) is 5.22. The van der Waals surface area contributed by atoms with Gasteiger partial charge in [-0.15, -0.1) is 0 Å². The molecule has 4 heteroatoms. The molecule has 0 aliphatic carbocycles. The molecule has 1 aromatic heterocycles. The van der Waals surface area contributed by atoms with Gasteiger partial charge in [0.25, 0.3) is 0 Å². The van der Waals surface area contributed by atoms with Crippen LogP contribution < -0.4 is 11.3 Å². The number of hydrogen-bond acceptors (Lipinski definition) is 3. The van der Waals surface area contributed by atoms with Gasteiger partial charge in [-0.2, -0.15) is 0 Å². The molecule has 0 saturated heterocycles. The van der Waals surface area contributed by atoms with Crippen molar-refractivity contribution in [1.82, 2.24) is 10.4 Å². The first-order chi connectivity index (χ1) is 7.71. The van der Waals surface area contributed by atoms with Crippen LogP contribution in [0.3, 0.4) is 0 Å². The van der Waals surface area contributed by atoms with Crippen LogP contribution >= 0.6 is 15.9 Å². The van der Waals surface area contributed by atoms with Crippen LogP contribution in [-0.2, 0) is 0 Å². The van der Waals surface area contributed by atoms with Gasteiger partial charge in [-0.1, -0.05) is 26.7 Å². The fourth-order valence-corrected chi connectivity index (χ4v) is 2.06. The van der Waals surface area contributed by atoms with Crippen molar-refractivity contribution in [1.29, 1.82) is 0 Å². The largest absolute Gasteiger partial charge is 0.271 e. The molecule has 1 aromatic rings. The molecule has 0 bridgehead atoms. The van der Waals surface area contributed by atoms with Crippen LogP contribution in [0.5, 0.6) is 0 Å². The average Bonchev–Trinajstić information content (AvgIpc) is 2.32. The molecule has 0 amide bonds. The van der Waals surface area contributed by atoms with Gasteiger partial charge in [-0.3, -0.25) is 16.3 Å². The molecule has 0 aromatic carbocycles. The smallest absolute Gasteiger partial charge is 0.0634 e. The van der Waals surface area contributed by atoms with Crippen LogP contribution in [-0.4, -0.2) is 4.98 Å². The van der Waals surface area contributed by atoms with Crippen LogP contribution in [0.15, 0.2) is 22.8 Å². The van der Waals surface area contributed by atoms with E-state index in [1.54, 1.807) is 0 Å². The predicted octanol–water partition coefficient (Wildman–Crippen LogP) is 3.17. The molecular formula is C12H20BrN3. The highest BCUT2D eigenvalue weighted by molar-refractivity contribution is 9.10. The summed E-state index contributed by atoms with van der Waals surface area (Å²) in [4.78, 5) is 4.38. The zero-order valence-electron chi connectivity index (χ0n) is 9.91. The Hall–Kier alpha value is -0.450. The maximum atomic E-state index is 5.60. The average molecular weight is 286 g/mol. The summed E-state index contributed by atoms with van der Waals surface area (Å²) in [6.45, 7) is 4.44. The molecule has 90 valence electrons. The van der Waals surface area contributed by atoms with E-state index in [1.807, 2.05) is 18.3 Å². The molecule has 3 N–H and O–H groups in total. The molecule has 1 rings (SSSR count). The standard InChI is InChI=1S/C12H20BrN3/c1-3-9(4-2)7-12(16-14)11-6-5-10(13)8-15-11/h5-6,8-9,12,16H,3-4,7,14H2,1-2H3. The highest BCUT2D eigenvalue weighted by Crippen LogP contribution is 2.24. The summed E-state index contributed by atoms with van der Waals surface area (Å²) in [6, 6.07) is 4.16. The minimum Gasteiger partial charge on any atom is -0.271 e. The summed E-state index contributed by atoms with van der Waals surface area (Å²) in [5.74, 6) is 6.30. The maximum Gasteiger partial charge on any atom is 0.0634 e. The van der Waals surface area contributed by atoms with Crippen LogP contribution in [0.4, 0.5) is 0 Å². The third-order valence-electron chi connectivity index (χ3n) is 3.03. The Morgan fingerprint density at radius 3 is 2.50 bits per heavy atom. The number of rotatable bonds is 6. The van der Waals surface area contributed by atoms with Gasteiger partial charge in [0.05, 0.1) is 11.7 Å². The lowest BCUT2D eigenvalue weighted by Crippen LogP contribution is -2.30. The van der Waals surface area contributed by atoms with Gasteiger partial charge in [0, 0.05) is 10.7 Å². The normalized spacial score (nSPS) is 13.1. The van der Waals surface area contributed by atoms with E-state index in [0.717, 1.165) is 16.6 Å². The third-order valence-corrected chi connectivity index (χ3v) is 3.50. The Bertz CT molecular complexity index is 296. The summed E-state index contributed by atoms with van der Waals surface area (Å²) in [7, 11) is 0. The monoisotopic (exact) mass is 285 g/mol. The van der Waals surface area contributed by atoms with Crippen molar-refractivity contribution in [2.75, 3.05) is 0 Å². The molecule has 0 aliphatic rings. The summed E-state index contributed by atoms with van der Waals surface area (Å²) >= 11 is 3.38. The number of hydrogen-bond donors (Lipinski definition) is 2. The minimum absolute atomic E-state index is 0.151. The molecule has 0 spiro atoms. The van der Waals surface area contributed by atoms with E-state index in [4.69, 9.17) is 5.84 Å². The first-order valence-corrected chi connectivity index (χ1v) is 6.58. The van der Waals surface area contributed by atoms with Crippen molar-refractivity contribution in [2.24, 2.45) is 11.8 Å². The van der Waals surface area contributed by atoms with Gasteiger partial charge in [0.2, 0.25) is 0 Å². The molecule has 0 fully saturated rings. The van der Waals surface area contributed by atoms with E-state index < -0.39 is 0 Å². The lowest BCUT2D eigenvalue weighted by atomic mass is 9.93. The Morgan fingerprint density at radius 2 is 2.06 bits per heavy atom. The number of nitrogens with zero attached hydrogens (tertiary/aromatic N) is 1. The number of nitrogens with one attached hydrogen (secondary N) is 1. The lowest BCUT2D eigenvalue weighted by molar-refractivity contribution is 0.370. The second-order valence-electron chi connectivity index (χ2n) is 4.04. The van der Waals surface area contributed by atoms with Crippen LogP contribution in [0.2, 0.25) is 0 Å². The summed E-state index contributed by atoms with van der Waals surface area (Å²) < 4.78 is 0.995. The highest BCUT2D eigenvalue weighted by Gasteiger charge is 2.15. The SMILES string of the molecule is CCC(CC)CC(NN)c1ccc(Br)cn1. The topological polar surface area (TPSA) is 50.9 Å². The van der Waals surface area contributed by atoms with Crippen molar-refractivity contribution in [3.63, 3.8) is 0 Å². The molecule has 3 nitrogen and oxygen atoms in total. The van der Waals surface area contributed by atoms with Crippen molar-refractivity contribution in [2.45, 2.75) is 39.2 Å². The first kappa shape index (κ1) is 13.6. The number of pyridine rings is 1.